The molecule has 0 radical (unpaired) electrons. The summed E-state index contributed by atoms with van der Waals surface area (Å²) in [5, 5.41) is 0.494. The Labute approximate surface area is 331 Å². The largest absolute Gasteiger partial charge is 0.416 e. The summed E-state index contributed by atoms with van der Waals surface area (Å²) in [4.78, 5) is 31.8. The van der Waals surface area contributed by atoms with Crippen molar-refractivity contribution in [2.75, 3.05) is 73.2 Å². The summed E-state index contributed by atoms with van der Waals surface area (Å²) < 4.78 is 100. The summed E-state index contributed by atoms with van der Waals surface area (Å²) in [7, 11) is 3.29. The maximum absolute atomic E-state index is 13.8. The number of benzene rings is 3. The molecule has 0 N–H and O–H groups in total. The van der Waals surface area contributed by atoms with E-state index in [0.717, 1.165) is 12.8 Å². The molecule has 56 heavy (non-hydrogen) atoms. The average molecular weight is 831 g/mol. The summed E-state index contributed by atoms with van der Waals surface area (Å²) in [6, 6.07) is 14.0. The van der Waals surface area contributed by atoms with E-state index in [2.05, 4.69) is 17.0 Å². The molecular weight excluding hydrogens is 787 g/mol. The third-order valence-corrected chi connectivity index (χ3v) is 12.1. The van der Waals surface area contributed by atoms with E-state index >= 15 is 0 Å². The second-order valence-corrected chi connectivity index (χ2v) is 15.5. The molecule has 0 saturated carbocycles. The molecular formula is C40H43Cl2F6N3O5. The molecule has 1 aliphatic carbocycles. The topological polar surface area (TPSA) is 71.5 Å². The minimum Gasteiger partial charge on any atom is -0.383 e. The van der Waals surface area contributed by atoms with Gasteiger partial charge in [-0.05, 0) is 85.8 Å². The van der Waals surface area contributed by atoms with Gasteiger partial charge < -0.3 is 28.9 Å². The van der Waals surface area contributed by atoms with Crippen molar-refractivity contribution in [3.8, 4) is 0 Å². The number of rotatable bonds is 11. The van der Waals surface area contributed by atoms with Crippen LogP contribution in [-0.4, -0.2) is 106 Å². The first-order valence-electron chi connectivity index (χ1n) is 18.3. The standard InChI is InChI=1S/C40H43Cl2F6N3O5/c1-49(15-17-54-2)35(52)24-55-34-21-26-5-3-4-6-31(26)37(34)9-12-50(13-10-37)14-11-38(28-7-8-32(41)33(42)23-28)25-51(16-18-56-38)36(53)27-19-29(39(43,44)45)22-30(20-27)40(46,47)48/h3-8,19-20,22-23,34H,9-18,21,24-25H2,1-2H3/t34-,38-/m0/s1. The summed E-state index contributed by atoms with van der Waals surface area (Å²) in [6.45, 7) is 2.38. The first kappa shape index (κ1) is 42.2. The highest BCUT2D eigenvalue weighted by Gasteiger charge is 2.50. The number of halogens is 8. The van der Waals surface area contributed by atoms with Gasteiger partial charge in [-0.15, -0.1) is 0 Å². The number of carbonyl (C=O) groups is 2. The summed E-state index contributed by atoms with van der Waals surface area (Å²) >= 11 is 12.7. The summed E-state index contributed by atoms with van der Waals surface area (Å²) in [6.07, 6.45) is -7.95. The number of morpholine rings is 1. The Bertz CT molecular complexity index is 1870. The molecule has 3 aromatic carbocycles. The van der Waals surface area contributed by atoms with Crippen molar-refractivity contribution in [3.63, 3.8) is 0 Å². The lowest BCUT2D eigenvalue weighted by molar-refractivity contribution is -0.143. The number of likely N-dealkylation sites (N-methyl/N-ethyl adjacent to an activating group) is 1. The van der Waals surface area contributed by atoms with E-state index in [1.54, 1.807) is 37.3 Å². The highest BCUT2D eigenvalue weighted by Crippen LogP contribution is 2.48. The van der Waals surface area contributed by atoms with Crippen LogP contribution in [0.2, 0.25) is 10.0 Å². The third-order valence-electron chi connectivity index (χ3n) is 11.4. The number of likely N-dealkylation sites (tertiary alicyclic amines) is 1. The number of nitrogens with zero attached hydrogens (tertiary/aromatic N) is 3. The Hall–Kier alpha value is -3.40. The molecule has 8 nitrogen and oxygen atoms in total. The van der Waals surface area contributed by atoms with E-state index in [4.69, 9.17) is 37.4 Å². The molecule has 2 fully saturated rings. The normalized spacial score (nSPS) is 21.3. The van der Waals surface area contributed by atoms with E-state index in [1.807, 2.05) is 12.1 Å². The van der Waals surface area contributed by atoms with Crippen LogP contribution in [0.5, 0.6) is 0 Å². The number of ether oxygens (including phenoxy) is 3. The number of hydrogen-bond acceptors (Lipinski definition) is 6. The Kier molecular flexibility index (Phi) is 12.7. The van der Waals surface area contributed by atoms with Crippen LogP contribution in [0, 0.1) is 0 Å². The van der Waals surface area contributed by atoms with Gasteiger partial charge in [0, 0.05) is 44.8 Å². The molecule has 2 amide bonds. The van der Waals surface area contributed by atoms with Crippen LogP contribution in [0.3, 0.4) is 0 Å². The van der Waals surface area contributed by atoms with E-state index in [-0.39, 0.29) is 59.8 Å². The second kappa shape index (κ2) is 16.8. The van der Waals surface area contributed by atoms with Crippen LogP contribution >= 0.6 is 23.2 Å². The number of carbonyl (C=O) groups excluding carboxylic acids is 2. The molecule has 1 spiro atoms. The van der Waals surface area contributed by atoms with E-state index < -0.39 is 40.6 Å². The van der Waals surface area contributed by atoms with Crippen molar-refractivity contribution in [2.24, 2.45) is 0 Å². The zero-order valence-corrected chi connectivity index (χ0v) is 32.5. The quantitative estimate of drug-likeness (QED) is 0.184. The van der Waals surface area contributed by atoms with Gasteiger partial charge in [-0.2, -0.15) is 26.3 Å². The van der Waals surface area contributed by atoms with Crippen molar-refractivity contribution >= 4 is 35.0 Å². The summed E-state index contributed by atoms with van der Waals surface area (Å²) in [5.74, 6) is -1.12. The third kappa shape index (κ3) is 9.00. The van der Waals surface area contributed by atoms with Crippen LogP contribution in [-0.2, 0) is 48.8 Å². The highest BCUT2D eigenvalue weighted by atomic mass is 35.5. The number of piperidine rings is 1. The molecule has 2 saturated heterocycles. The Morgan fingerprint density at radius 3 is 2.25 bits per heavy atom. The molecule has 3 aromatic rings. The maximum Gasteiger partial charge on any atom is 0.416 e. The fraction of sp³-hybridized carbons (Fsp3) is 0.500. The Morgan fingerprint density at radius 2 is 1.61 bits per heavy atom. The van der Waals surface area contributed by atoms with Crippen LogP contribution in [0.25, 0.3) is 0 Å². The molecule has 2 atom stereocenters. The lowest BCUT2D eigenvalue weighted by Crippen LogP contribution is -2.54. The smallest absolute Gasteiger partial charge is 0.383 e. The van der Waals surface area contributed by atoms with Crippen LogP contribution in [0.1, 0.15) is 57.4 Å². The van der Waals surface area contributed by atoms with Crippen LogP contribution < -0.4 is 0 Å². The number of amides is 2. The lowest BCUT2D eigenvalue weighted by Gasteiger charge is -2.46. The van der Waals surface area contributed by atoms with E-state index in [1.165, 1.54) is 16.0 Å². The van der Waals surface area contributed by atoms with Gasteiger partial charge in [-0.1, -0.05) is 53.5 Å². The van der Waals surface area contributed by atoms with E-state index in [9.17, 15) is 35.9 Å². The lowest BCUT2D eigenvalue weighted by atomic mass is 9.72. The molecule has 6 rings (SSSR count). The zero-order chi connectivity index (χ0) is 40.5. The number of alkyl halides is 6. The van der Waals surface area contributed by atoms with Crippen molar-refractivity contribution in [3.05, 3.63) is 104 Å². The molecule has 16 heteroatoms. The second-order valence-electron chi connectivity index (χ2n) is 14.7. The number of hydrogen-bond donors (Lipinski definition) is 0. The van der Waals surface area contributed by atoms with E-state index in [0.29, 0.717) is 63.3 Å². The highest BCUT2D eigenvalue weighted by molar-refractivity contribution is 6.42. The van der Waals surface area contributed by atoms with Gasteiger partial charge in [0.25, 0.3) is 5.91 Å². The first-order valence-corrected chi connectivity index (χ1v) is 19.0. The SMILES string of the molecule is COCCN(C)C(=O)CO[C@H]1Cc2ccccc2C12CCN(CC[C@@]1(c3ccc(Cl)c(Cl)c3)CN(C(=O)c3cc(C(F)(F)F)cc(C(F)(F)F)c3)CCO1)CC2. The fourth-order valence-corrected chi connectivity index (χ4v) is 8.48. The van der Waals surface area contributed by atoms with Gasteiger partial charge in [0.15, 0.2) is 0 Å². The number of methoxy groups -OCH3 is 1. The molecule has 304 valence electrons. The van der Waals surface area contributed by atoms with Crippen molar-refractivity contribution in [1.29, 1.82) is 0 Å². The first-order chi connectivity index (χ1) is 26.5. The van der Waals surface area contributed by atoms with Crippen molar-refractivity contribution in [1.82, 2.24) is 14.7 Å². The average Bonchev–Trinajstić information content (AvgIpc) is 3.47. The van der Waals surface area contributed by atoms with Gasteiger partial charge in [-0.25, -0.2) is 0 Å². The predicted octanol–water partition coefficient (Wildman–Crippen LogP) is 7.87. The van der Waals surface area contributed by atoms with Gasteiger partial charge in [0.2, 0.25) is 5.91 Å². The van der Waals surface area contributed by atoms with Gasteiger partial charge in [-0.3, -0.25) is 9.59 Å². The monoisotopic (exact) mass is 829 g/mol. The van der Waals surface area contributed by atoms with Gasteiger partial charge in [0.1, 0.15) is 12.2 Å². The van der Waals surface area contributed by atoms with Gasteiger partial charge in [0.05, 0.1) is 47.0 Å². The zero-order valence-electron chi connectivity index (χ0n) is 30.9. The molecule has 0 unspecified atom stereocenters. The maximum atomic E-state index is 13.8. The molecule has 2 aliphatic heterocycles. The minimum absolute atomic E-state index is 0.0000410. The molecule has 2 heterocycles. The minimum atomic E-state index is -5.11. The summed E-state index contributed by atoms with van der Waals surface area (Å²) in [5.41, 5.74) is -2.43. The van der Waals surface area contributed by atoms with Crippen LogP contribution in [0.15, 0.2) is 60.7 Å². The molecule has 0 aromatic heterocycles. The van der Waals surface area contributed by atoms with Crippen molar-refractivity contribution < 1.29 is 50.1 Å². The fourth-order valence-electron chi connectivity index (χ4n) is 8.18. The van der Waals surface area contributed by atoms with Crippen molar-refractivity contribution in [2.45, 2.75) is 55.2 Å². The molecule has 3 aliphatic rings. The number of fused-ring (bicyclic) bond motifs is 2. The Morgan fingerprint density at radius 1 is 0.929 bits per heavy atom. The van der Waals surface area contributed by atoms with Crippen LogP contribution in [0.4, 0.5) is 26.3 Å². The van der Waals surface area contributed by atoms with Gasteiger partial charge >= 0.3 is 12.4 Å². The molecule has 0 bridgehead atoms. The predicted molar refractivity (Wildman–Crippen MR) is 198 cm³/mol. The Balaban J connectivity index is 1.21.